The zero-order valence-electron chi connectivity index (χ0n) is 3.13. The summed E-state index contributed by atoms with van der Waals surface area (Å²) in [6.07, 6.45) is 0.983. The fraction of sp³-hybridized carbons (Fsp3) is 1.00. The van der Waals surface area contributed by atoms with E-state index in [0.717, 1.165) is 12.7 Å². The second-order valence-electron chi connectivity index (χ2n) is 1.01. The summed E-state index contributed by atoms with van der Waals surface area (Å²) in [7, 11) is -0.534. The highest BCUT2D eigenvalue weighted by Gasteiger charge is 2.05. The number of rotatable bonds is 0. The van der Waals surface area contributed by atoms with Crippen LogP contribution in [-0.4, -0.2) is 12.7 Å². The molecule has 1 heterocycles. The van der Waals surface area contributed by atoms with Crippen molar-refractivity contribution in [2.75, 3.05) is 12.7 Å². The summed E-state index contributed by atoms with van der Waals surface area (Å²) >= 11 is 5.52. The van der Waals surface area contributed by atoms with Crippen LogP contribution < -0.4 is 0 Å². The molecule has 4 heteroatoms. The predicted octanol–water partition coefficient (Wildman–Crippen LogP) is 2.00. The van der Waals surface area contributed by atoms with E-state index in [-0.39, 0.29) is 0 Å². The van der Waals surface area contributed by atoms with Gasteiger partial charge >= 0.3 is 0 Å². The third-order valence-electron chi connectivity index (χ3n) is 0.545. The number of hydrogen-bond donors (Lipinski definition) is 0. The van der Waals surface area contributed by atoms with E-state index in [2.05, 4.69) is 10.00 Å². The molecule has 2 nitrogen and oxygen atoms in total. The summed E-state index contributed by atoms with van der Waals surface area (Å²) in [6, 6.07) is 0. The molecule has 0 N–H and O–H groups in total. The topological polar surface area (TPSA) is 24.7 Å². The van der Waals surface area contributed by atoms with Crippen LogP contribution in [0.4, 0.5) is 0 Å². The molecule has 1 aliphatic heterocycles. The Morgan fingerprint density at radius 1 is 1.67 bits per heavy atom. The van der Waals surface area contributed by atoms with Crippen molar-refractivity contribution in [3.8, 4) is 0 Å². The molecule has 34 valence electrons. The Bertz CT molecular complexity index is 73.9. The molecule has 6 heavy (non-hydrogen) atoms. The van der Waals surface area contributed by atoms with Gasteiger partial charge in [0, 0.05) is 6.16 Å². The minimum atomic E-state index is -0.534. The smallest absolute Gasteiger partial charge is 0.136 e. The van der Waals surface area contributed by atoms with Gasteiger partial charge in [0.05, 0.1) is 6.54 Å². The fourth-order valence-corrected chi connectivity index (χ4v) is 1.23. The lowest BCUT2D eigenvalue weighted by Gasteiger charge is -1.81. The van der Waals surface area contributed by atoms with Crippen LogP contribution >= 0.6 is 18.7 Å². The average molecular weight is 122 g/mol. The molecule has 0 aromatic rings. The van der Waals surface area contributed by atoms with Gasteiger partial charge in [0.15, 0.2) is 0 Å². The minimum absolute atomic E-state index is 0.534. The van der Waals surface area contributed by atoms with Gasteiger partial charge in [-0.1, -0.05) is 11.2 Å². The van der Waals surface area contributed by atoms with Crippen molar-refractivity contribution >= 4 is 18.7 Å². The zero-order chi connectivity index (χ0) is 4.41. The summed E-state index contributed by atoms with van der Waals surface area (Å²) in [5.41, 5.74) is 0. The van der Waals surface area contributed by atoms with Gasteiger partial charge in [0.25, 0.3) is 0 Å². The van der Waals surface area contributed by atoms with E-state index >= 15 is 0 Å². The molecule has 1 aliphatic rings. The summed E-state index contributed by atoms with van der Waals surface area (Å²) < 4.78 is 0. The Labute approximate surface area is 42.2 Å². The normalized spacial score (nSPS) is 31.8. The van der Waals surface area contributed by atoms with Gasteiger partial charge < -0.3 is 0 Å². The SMILES string of the molecule is ClP1CCN=N1. The molecular weight excluding hydrogens is 118 g/mol. The maximum absolute atomic E-state index is 5.52. The van der Waals surface area contributed by atoms with Crippen LogP contribution in [-0.2, 0) is 0 Å². The monoisotopic (exact) mass is 122 g/mol. The quantitative estimate of drug-likeness (QED) is 0.439. The third kappa shape index (κ3) is 0.889. The molecule has 0 aromatic carbocycles. The van der Waals surface area contributed by atoms with Gasteiger partial charge in [0.1, 0.15) is 7.43 Å². The fourth-order valence-electron chi connectivity index (χ4n) is 0.285. The second-order valence-corrected chi connectivity index (χ2v) is 3.48. The van der Waals surface area contributed by atoms with Crippen molar-refractivity contribution < 1.29 is 0 Å². The first-order chi connectivity index (χ1) is 2.89. The van der Waals surface area contributed by atoms with Crippen molar-refractivity contribution in [1.82, 2.24) is 0 Å². The van der Waals surface area contributed by atoms with Gasteiger partial charge in [-0.3, -0.25) is 0 Å². The molecule has 0 bridgehead atoms. The molecule has 1 atom stereocenters. The molecule has 0 radical (unpaired) electrons. The van der Waals surface area contributed by atoms with Crippen LogP contribution in [0.5, 0.6) is 0 Å². The maximum Gasteiger partial charge on any atom is 0.136 e. The lowest BCUT2D eigenvalue weighted by molar-refractivity contribution is 1.10. The average Bonchev–Trinajstić information content (AvgIpc) is 1.86. The van der Waals surface area contributed by atoms with E-state index in [0.29, 0.717) is 0 Å². The van der Waals surface area contributed by atoms with Crippen molar-refractivity contribution in [2.45, 2.75) is 0 Å². The Kier molecular flexibility index (Phi) is 1.38. The molecular formula is C2H4ClN2P. The van der Waals surface area contributed by atoms with Crippen molar-refractivity contribution in [3.05, 3.63) is 0 Å². The Balaban J connectivity index is 2.38. The van der Waals surface area contributed by atoms with Gasteiger partial charge in [-0.25, -0.2) is 0 Å². The number of nitrogens with zero attached hydrogens (tertiary/aromatic N) is 2. The summed E-state index contributed by atoms with van der Waals surface area (Å²) in [6.45, 7) is 0.842. The first-order valence-corrected chi connectivity index (χ1v) is 4.09. The largest absolute Gasteiger partial charge is 0.189 e. The maximum atomic E-state index is 5.52. The van der Waals surface area contributed by atoms with E-state index in [1.165, 1.54) is 0 Å². The van der Waals surface area contributed by atoms with E-state index in [1.807, 2.05) is 0 Å². The Hall–Kier alpha value is 0.320. The standard InChI is InChI=1S/C2H4ClN2P/c3-6-2-1-4-5-6/h1-2H2. The molecule has 0 spiro atoms. The highest BCUT2D eigenvalue weighted by molar-refractivity contribution is 7.82. The number of hydrogen-bond acceptors (Lipinski definition) is 2. The van der Waals surface area contributed by atoms with Gasteiger partial charge in [0.2, 0.25) is 0 Å². The van der Waals surface area contributed by atoms with Gasteiger partial charge in [-0.2, -0.15) is 10.00 Å². The van der Waals surface area contributed by atoms with Crippen LogP contribution in [0, 0.1) is 0 Å². The second kappa shape index (κ2) is 1.85. The molecule has 0 fully saturated rings. The highest BCUT2D eigenvalue weighted by atomic mass is 35.7. The van der Waals surface area contributed by atoms with E-state index in [1.54, 1.807) is 0 Å². The Morgan fingerprint density at radius 2 is 2.50 bits per heavy atom. The minimum Gasteiger partial charge on any atom is -0.189 e. The lowest BCUT2D eigenvalue weighted by Crippen LogP contribution is -1.70. The molecule has 0 saturated heterocycles. The zero-order valence-corrected chi connectivity index (χ0v) is 4.78. The molecule has 0 aromatic heterocycles. The van der Waals surface area contributed by atoms with Crippen LogP contribution in [0.25, 0.3) is 0 Å². The summed E-state index contributed by atoms with van der Waals surface area (Å²) in [4.78, 5) is 3.69. The van der Waals surface area contributed by atoms with Crippen molar-refractivity contribution in [2.24, 2.45) is 10.00 Å². The highest BCUT2D eigenvalue weighted by Crippen LogP contribution is 2.45. The third-order valence-corrected chi connectivity index (χ3v) is 2.14. The van der Waals surface area contributed by atoms with Crippen molar-refractivity contribution in [3.63, 3.8) is 0 Å². The molecule has 1 unspecified atom stereocenters. The molecule has 0 aliphatic carbocycles. The van der Waals surface area contributed by atoms with Crippen LogP contribution in [0.2, 0.25) is 0 Å². The van der Waals surface area contributed by atoms with Crippen LogP contribution in [0.1, 0.15) is 0 Å². The lowest BCUT2D eigenvalue weighted by atomic mass is 10.8. The first-order valence-electron chi connectivity index (χ1n) is 1.70. The van der Waals surface area contributed by atoms with Gasteiger partial charge in [-0.15, -0.1) is 0 Å². The van der Waals surface area contributed by atoms with Crippen molar-refractivity contribution in [1.29, 1.82) is 0 Å². The Morgan fingerprint density at radius 3 is 2.67 bits per heavy atom. The summed E-state index contributed by atoms with van der Waals surface area (Å²) in [5.74, 6) is 0. The molecule has 0 saturated carbocycles. The molecule has 1 rings (SSSR count). The van der Waals surface area contributed by atoms with E-state index in [9.17, 15) is 0 Å². The van der Waals surface area contributed by atoms with Crippen LogP contribution in [0.15, 0.2) is 10.00 Å². The first kappa shape index (κ1) is 4.48. The summed E-state index contributed by atoms with van der Waals surface area (Å²) in [5, 5.41) is 3.69. The van der Waals surface area contributed by atoms with Crippen LogP contribution in [0.3, 0.4) is 0 Å². The van der Waals surface area contributed by atoms with E-state index in [4.69, 9.17) is 11.2 Å². The molecule has 0 amide bonds. The number of halogens is 1. The predicted molar refractivity (Wildman–Crippen MR) is 27.4 cm³/mol. The van der Waals surface area contributed by atoms with E-state index < -0.39 is 7.43 Å². The van der Waals surface area contributed by atoms with Gasteiger partial charge in [-0.05, 0) is 0 Å².